The highest BCUT2D eigenvalue weighted by Crippen LogP contribution is 2.23. The molecule has 0 spiro atoms. The molecule has 5 nitrogen and oxygen atoms in total. The first-order chi connectivity index (χ1) is 9.19. The number of aromatic nitrogens is 1. The summed E-state index contributed by atoms with van der Waals surface area (Å²) in [6.07, 6.45) is 4.74. The molecule has 1 heterocycles. The van der Waals surface area contributed by atoms with Gasteiger partial charge in [-0.2, -0.15) is 5.26 Å². The predicted molar refractivity (Wildman–Crippen MR) is 69.3 cm³/mol. The summed E-state index contributed by atoms with van der Waals surface area (Å²) in [5.41, 5.74) is 0.771. The zero-order valence-electron chi connectivity index (χ0n) is 10.7. The van der Waals surface area contributed by atoms with Crippen molar-refractivity contribution in [3.05, 3.63) is 29.6 Å². The molecule has 19 heavy (non-hydrogen) atoms. The molecule has 0 saturated heterocycles. The van der Waals surface area contributed by atoms with Crippen molar-refractivity contribution in [2.45, 2.75) is 31.8 Å². The Labute approximate surface area is 112 Å². The quantitative estimate of drug-likeness (QED) is 0.855. The molecule has 1 aliphatic carbocycles. The van der Waals surface area contributed by atoms with Gasteiger partial charge in [-0.3, -0.25) is 4.79 Å². The van der Waals surface area contributed by atoms with Crippen LogP contribution in [0.1, 0.15) is 41.7 Å². The first-order valence-electron chi connectivity index (χ1n) is 6.51. The van der Waals surface area contributed by atoms with Crippen molar-refractivity contribution < 1.29 is 9.90 Å². The Kier molecular flexibility index (Phi) is 4.48. The molecule has 2 N–H and O–H groups in total. The van der Waals surface area contributed by atoms with E-state index >= 15 is 0 Å². The van der Waals surface area contributed by atoms with E-state index in [-0.39, 0.29) is 12.0 Å². The maximum Gasteiger partial charge on any atom is 0.269 e. The molecule has 0 bridgehead atoms. The number of rotatable bonds is 3. The molecule has 0 unspecified atom stereocenters. The minimum Gasteiger partial charge on any atom is -0.393 e. The van der Waals surface area contributed by atoms with Gasteiger partial charge in [0.1, 0.15) is 11.8 Å². The smallest absolute Gasteiger partial charge is 0.269 e. The highest BCUT2D eigenvalue weighted by atomic mass is 16.3. The van der Waals surface area contributed by atoms with Crippen LogP contribution in [0.2, 0.25) is 0 Å². The monoisotopic (exact) mass is 259 g/mol. The summed E-state index contributed by atoms with van der Waals surface area (Å²) in [5, 5.41) is 20.9. The third kappa shape index (κ3) is 3.76. The Bertz CT molecular complexity index is 470. The van der Waals surface area contributed by atoms with Crippen LogP contribution in [-0.4, -0.2) is 28.6 Å². The molecule has 1 saturated carbocycles. The van der Waals surface area contributed by atoms with Gasteiger partial charge in [0, 0.05) is 12.7 Å². The van der Waals surface area contributed by atoms with Gasteiger partial charge in [0.15, 0.2) is 0 Å². The Balaban J connectivity index is 1.82. The molecule has 5 heteroatoms. The van der Waals surface area contributed by atoms with Crippen molar-refractivity contribution in [2.24, 2.45) is 5.92 Å². The molecule has 0 aromatic carbocycles. The van der Waals surface area contributed by atoms with Gasteiger partial charge in [0.25, 0.3) is 5.91 Å². The molecule has 1 aromatic rings. The van der Waals surface area contributed by atoms with Gasteiger partial charge in [-0.1, -0.05) is 0 Å². The molecular weight excluding hydrogens is 242 g/mol. The number of amides is 1. The molecule has 0 aliphatic heterocycles. The van der Waals surface area contributed by atoms with Crippen molar-refractivity contribution in [2.75, 3.05) is 6.54 Å². The van der Waals surface area contributed by atoms with Crippen molar-refractivity contribution in [3.63, 3.8) is 0 Å². The van der Waals surface area contributed by atoms with Crippen LogP contribution >= 0.6 is 0 Å². The van der Waals surface area contributed by atoms with E-state index in [1.165, 1.54) is 6.20 Å². The second-order valence-electron chi connectivity index (χ2n) is 4.93. The summed E-state index contributed by atoms with van der Waals surface area (Å²) in [6.45, 7) is 0.618. The number of hydrogen-bond donors (Lipinski definition) is 2. The van der Waals surface area contributed by atoms with Crippen molar-refractivity contribution in [3.8, 4) is 6.07 Å². The maximum atomic E-state index is 11.8. The average Bonchev–Trinajstić information content (AvgIpc) is 2.46. The third-order valence-corrected chi connectivity index (χ3v) is 3.49. The van der Waals surface area contributed by atoms with Gasteiger partial charge in [-0.05, 0) is 43.7 Å². The minimum absolute atomic E-state index is 0.174. The van der Waals surface area contributed by atoms with E-state index in [0.29, 0.717) is 23.7 Å². The number of carbonyl (C=O) groups excluding carboxylic acids is 1. The van der Waals surface area contributed by atoms with Crippen LogP contribution in [-0.2, 0) is 0 Å². The number of nitriles is 1. The van der Waals surface area contributed by atoms with E-state index < -0.39 is 0 Å². The lowest BCUT2D eigenvalue weighted by Gasteiger charge is -2.25. The van der Waals surface area contributed by atoms with Crippen LogP contribution in [0.15, 0.2) is 18.3 Å². The van der Waals surface area contributed by atoms with Crippen molar-refractivity contribution >= 4 is 5.91 Å². The molecule has 0 atom stereocenters. The Morgan fingerprint density at radius 3 is 2.74 bits per heavy atom. The molecule has 1 aliphatic rings. The average molecular weight is 259 g/mol. The fourth-order valence-electron chi connectivity index (χ4n) is 2.27. The van der Waals surface area contributed by atoms with Gasteiger partial charge < -0.3 is 10.4 Å². The van der Waals surface area contributed by atoms with Crippen molar-refractivity contribution in [1.29, 1.82) is 5.26 Å². The standard InChI is InChI=1S/C14H17N3O2/c15-7-11-3-6-13(16-9-11)14(19)17-8-10-1-4-12(18)5-2-10/h3,6,9-10,12,18H,1-2,4-5,8H2,(H,17,19). The lowest BCUT2D eigenvalue weighted by Crippen LogP contribution is -2.32. The summed E-state index contributed by atoms with van der Waals surface area (Å²) < 4.78 is 0. The summed E-state index contributed by atoms with van der Waals surface area (Å²) in [5.74, 6) is 0.223. The zero-order chi connectivity index (χ0) is 13.7. The Morgan fingerprint density at radius 2 is 2.16 bits per heavy atom. The lowest BCUT2D eigenvalue weighted by molar-refractivity contribution is 0.0906. The van der Waals surface area contributed by atoms with E-state index in [9.17, 15) is 9.90 Å². The lowest BCUT2D eigenvalue weighted by atomic mass is 9.87. The number of hydrogen-bond acceptors (Lipinski definition) is 4. The number of pyridine rings is 1. The van der Waals surface area contributed by atoms with Gasteiger partial charge in [-0.25, -0.2) is 4.98 Å². The van der Waals surface area contributed by atoms with Crippen LogP contribution in [0.3, 0.4) is 0 Å². The highest BCUT2D eigenvalue weighted by molar-refractivity contribution is 5.92. The van der Waals surface area contributed by atoms with E-state index in [2.05, 4.69) is 10.3 Å². The normalized spacial score (nSPS) is 22.5. The molecule has 1 fully saturated rings. The van der Waals surface area contributed by atoms with Crippen LogP contribution in [0.5, 0.6) is 0 Å². The van der Waals surface area contributed by atoms with Gasteiger partial charge in [0.2, 0.25) is 0 Å². The number of aliphatic hydroxyl groups excluding tert-OH is 1. The van der Waals surface area contributed by atoms with E-state index in [1.807, 2.05) is 6.07 Å². The molecule has 100 valence electrons. The van der Waals surface area contributed by atoms with Crippen LogP contribution < -0.4 is 5.32 Å². The summed E-state index contributed by atoms with van der Waals surface area (Å²) in [4.78, 5) is 15.8. The predicted octanol–water partition coefficient (Wildman–Crippen LogP) is 1.23. The number of aliphatic hydroxyl groups is 1. The number of nitrogens with one attached hydrogen (secondary N) is 1. The van der Waals surface area contributed by atoms with E-state index in [4.69, 9.17) is 5.26 Å². The number of nitrogens with zero attached hydrogens (tertiary/aromatic N) is 2. The van der Waals surface area contributed by atoms with E-state index in [1.54, 1.807) is 12.1 Å². The first kappa shape index (κ1) is 13.5. The molecule has 2 rings (SSSR count). The highest BCUT2D eigenvalue weighted by Gasteiger charge is 2.20. The zero-order valence-corrected chi connectivity index (χ0v) is 10.7. The van der Waals surface area contributed by atoms with Crippen LogP contribution in [0.25, 0.3) is 0 Å². The fourth-order valence-corrected chi connectivity index (χ4v) is 2.27. The second-order valence-corrected chi connectivity index (χ2v) is 4.93. The SMILES string of the molecule is N#Cc1ccc(C(=O)NCC2CCC(O)CC2)nc1. The maximum absolute atomic E-state index is 11.8. The second kappa shape index (κ2) is 6.30. The topological polar surface area (TPSA) is 86.0 Å². The van der Waals surface area contributed by atoms with Crippen LogP contribution in [0.4, 0.5) is 0 Å². The molecule has 1 aromatic heterocycles. The minimum atomic E-state index is -0.212. The Morgan fingerprint density at radius 1 is 1.42 bits per heavy atom. The Hall–Kier alpha value is -1.93. The van der Waals surface area contributed by atoms with Crippen molar-refractivity contribution in [1.82, 2.24) is 10.3 Å². The van der Waals surface area contributed by atoms with Crippen LogP contribution in [0, 0.1) is 17.2 Å². The van der Waals surface area contributed by atoms with E-state index in [0.717, 1.165) is 25.7 Å². The molecule has 0 radical (unpaired) electrons. The largest absolute Gasteiger partial charge is 0.393 e. The summed E-state index contributed by atoms with van der Waals surface area (Å²) >= 11 is 0. The van der Waals surface area contributed by atoms with Gasteiger partial charge in [0.05, 0.1) is 11.7 Å². The summed E-state index contributed by atoms with van der Waals surface area (Å²) in [7, 11) is 0. The van der Waals surface area contributed by atoms with Gasteiger partial charge in [-0.15, -0.1) is 0 Å². The van der Waals surface area contributed by atoms with Gasteiger partial charge >= 0.3 is 0 Å². The molecular formula is C14H17N3O2. The molecule has 1 amide bonds. The summed E-state index contributed by atoms with van der Waals surface area (Å²) in [6, 6.07) is 5.10. The third-order valence-electron chi connectivity index (χ3n) is 3.49. The fraction of sp³-hybridized carbons (Fsp3) is 0.500. The first-order valence-corrected chi connectivity index (χ1v) is 6.51. The number of carbonyl (C=O) groups is 1.